The molecule has 3 saturated heterocycles. The number of pyridine rings is 1. The van der Waals surface area contributed by atoms with E-state index in [-0.39, 0.29) is 30.3 Å². The molecule has 1 amide bonds. The first-order valence-electron chi connectivity index (χ1n) is 12.2. The van der Waals surface area contributed by atoms with E-state index in [1.165, 1.54) is 0 Å². The summed E-state index contributed by atoms with van der Waals surface area (Å²) in [5.41, 5.74) is 1.10. The second-order valence-electron chi connectivity index (χ2n) is 10.4. The highest BCUT2D eigenvalue weighted by molar-refractivity contribution is 5.89. The molecule has 0 radical (unpaired) electrons. The van der Waals surface area contributed by atoms with Crippen LogP contribution in [-0.4, -0.2) is 77.0 Å². The number of likely N-dealkylation sites (tertiary alicyclic amines) is 1. The number of hydrogen-bond donors (Lipinski definition) is 0. The first-order chi connectivity index (χ1) is 16.7. The molecule has 9 heteroatoms. The van der Waals surface area contributed by atoms with Crippen LogP contribution in [0.2, 0.25) is 0 Å². The summed E-state index contributed by atoms with van der Waals surface area (Å²) in [6, 6.07) is 13.5. The average molecular weight is 481 g/mol. The minimum Gasteiger partial charge on any atom is -0.471 e. The van der Waals surface area contributed by atoms with Gasteiger partial charge in [0.15, 0.2) is 0 Å². The van der Waals surface area contributed by atoms with Crippen molar-refractivity contribution in [3.05, 3.63) is 54.2 Å². The minimum absolute atomic E-state index is 0.101. The topological polar surface area (TPSA) is 84.4 Å². The van der Waals surface area contributed by atoms with Crippen LogP contribution in [0.25, 0.3) is 0 Å². The molecule has 35 heavy (non-hydrogen) atoms. The monoisotopic (exact) mass is 480 g/mol. The Hall–Kier alpha value is -3.33. The van der Waals surface area contributed by atoms with Crippen LogP contribution in [0.5, 0.6) is 5.88 Å². The van der Waals surface area contributed by atoms with Gasteiger partial charge in [-0.15, -0.1) is 5.06 Å². The zero-order valence-corrected chi connectivity index (χ0v) is 20.4. The highest BCUT2D eigenvalue weighted by Crippen LogP contribution is 2.36. The lowest BCUT2D eigenvalue weighted by atomic mass is 10.1. The van der Waals surface area contributed by atoms with E-state index in [4.69, 9.17) is 14.3 Å². The minimum atomic E-state index is -0.512. The third kappa shape index (κ3) is 5.35. The van der Waals surface area contributed by atoms with Crippen molar-refractivity contribution >= 4 is 17.7 Å². The number of anilines is 1. The van der Waals surface area contributed by atoms with Gasteiger partial charge in [0.1, 0.15) is 11.7 Å². The van der Waals surface area contributed by atoms with Crippen LogP contribution in [0.3, 0.4) is 0 Å². The number of rotatable bonds is 5. The Kier molecular flexibility index (Phi) is 6.27. The van der Waals surface area contributed by atoms with Gasteiger partial charge in [0, 0.05) is 30.0 Å². The van der Waals surface area contributed by atoms with Gasteiger partial charge in [-0.05, 0) is 51.8 Å². The lowest BCUT2D eigenvalue weighted by Gasteiger charge is -2.41. The molecule has 1 aromatic heterocycles. The molecule has 4 heterocycles. The molecule has 9 nitrogen and oxygen atoms in total. The Morgan fingerprint density at radius 3 is 2.31 bits per heavy atom. The summed E-state index contributed by atoms with van der Waals surface area (Å²) in [7, 11) is 0. The largest absolute Gasteiger partial charge is 0.471 e. The number of ether oxygens (including phenoxy) is 2. The predicted molar refractivity (Wildman–Crippen MR) is 129 cm³/mol. The first kappa shape index (κ1) is 23.4. The van der Waals surface area contributed by atoms with Gasteiger partial charge in [-0.2, -0.15) is 0 Å². The van der Waals surface area contributed by atoms with Crippen LogP contribution in [0.1, 0.15) is 44.0 Å². The van der Waals surface area contributed by atoms with Crippen molar-refractivity contribution in [2.45, 2.75) is 57.4 Å². The average Bonchev–Trinajstić information content (AvgIpc) is 3.06. The van der Waals surface area contributed by atoms with Crippen LogP contribution < -0.4 is 9.64 Å². The number of nitrogens with zero attached hydrogens (tertiary/aromatic N) is 4. The molecule has 1 aromatic carbocycles. The zero-order valence-electron chi connectivity index (χ0n) is 20.4. The Morgan fingerprint density at radius 2 is 1.66 bits per heavy atom. The van der Waals surface area contributed by atoms with Crippen molar-refractivity contribution in [3.63, 3.8) is 0 Å². The van der Waals surface area contributed by atoms with Crippen molar-refractivity contribution < 1.29 is 23.9 Å². The summed E-state index contributed by atoms with van der Waals surface area (Å²) in [6.45, 7) is 7.84. The number of fused-ring (bicyclic) bond motifs is 2. The fourth-order valence-electron chi connectivity index (χ4n) is 4.89. The molecule has 5 rings (SSSR count). The molecule has 3 aliphatic rings. The molecule has 3 fully saturated rings. The van der Waals surface area contributed by atoms with Gasteiger partial charge >= 0.3 is 12.1 Å². The molecule has 0 N–H and O–H groups in total. The van der Waals surface area contributed by atoms with Crippen LogP contribution in [0.4, 0.5) is 10.5 Å². The number of piperazine rings is 1. The van der Waals surface area contributed by atoms with Crippen molar-refractivity contribution in [1.29, 1.82) is 0 Å². The molecule has 0 aliphatic carbocycles. The van der Waals surface area contributed by atoms with E-state index < -0.39 is 5.60 Å². The van der Waals surface area contributed by atoms with Crippen molar-refractivity contribution in [3.8, 4) is 5.88 Å². The van der Waals surface area contributed by atoms with Crippen molar-refractivity contribution in [1.82, 2.24) is 14.9 Å². The predicted octanol–water partition coefficient (Wildman–Crippen LogP) is 3.50. The smallest absolute Gasteiger partial charge is 0.410 e. The SMILES string of the molecule is CC(C)(C)OC(=O)N1CC(Oc2cc(N3C4CCC3CN(OC(=O)c3ccccc3)C4)ccn2)C1. The van der Waals surface area contributed by atoms with Crippen LogP contribution in [0, 0.1) is 0 Å². The van der Waals surface area contributed by atoms with E-state index >= 15 is 0 Å². The van der Waals surface area contributed by atoms with Crippen LogP contribution >= 0.6 is 0 Å². The third-order valence-electron chi connectivity index (χ3n) is 6.47. The summed E-state index contributed by atoms with van der Waals surface area (Å²) in [5.74, 6) is 0.229. The number of hydrogen-bond acceptors (Lipinski definition) is 8. The number of amides is 1. The second-order valence-corrected chi connectivity index (χ2v) is 10.4. The maximum Gasteiger partial charge on any atom is 0.410 e. The zero-order chi connectivity index (χ0) is 24.6. The maximum atomic E-state index is 12.5. The molecule has 2 atom stereocenters. The number of aromatic nitrogens is 1. The Bertz CT molecular complexity index is 1050. The van der Waals surface area contributed by atoms with E-state index in [0.717, 1.165) is 18.5 Å². The van der Waals surface area contributed by atoms with Gasteiger partial charge in [0.05, 0.1) is 31.7 Å². The van der Waals surface area contributed by atoms with Crippen LogP contribution in [-0.2, 0) is 9.57 Å². The van der Waals surface area contributed by atoms with E-state index in [1.54, 1.807) is 28.3 Å². The van der Waals surface area contributed by atoms with Crippen LogP contribution in [0.15, 0.2) is 48.7 Å². The van der Waals surface area contributed by atoms with E-state index in [2.05, 4.69) is 9.88 Å². The Morgan fingerprint density at radius 1 is 0.971 bits per heavy atom. The van der Waals surface area contributed by atoms with E-state index in [0.29, 0.717) is 37.6 Å². The summed E-state index contributed by atoms with van der Waals surface area (Å²) in [4.78, 5) is 38.7. The highest BCUT2D eigenvalue weighted by atomic mass is 16.7. The number of benzene rings is 1. The van der Waals surface area contributed by atoms with Gasteiger partial charge < -0.3 is 24.1 Å². The normalized spacial score (nSPS) is 22.5. The van der Waals surface area contributed by atoms with Crippen molar-refractivity contribution in [2.75, 3.05) is 31.1 Å². The molecule has 2 bridgehead atoms. The van der Waals surface area contributed by atoms with Crippen molar-refractivity contribution in [2.24, 2.45) is 0 Å². The van der Waals surface area contributed by atoms with Gasteiger partial charge in [-0.1, -0.05) is 18.2 Å². The summed E-state index contributed by atoms with van der Waals surface area (Å²) < 4.78 is 11.4. The number of carbonyl (C=O) groups excluding carboxylic acids is 2. The molecular formula is C26H32N4O5. The van der Waals surface area contributed by atoms with Gasteiger partial charge in [-0.3, -0.25) is 0 Å². The maximum absolute atomic E-state index is 12.5. The molecule has 0 spiro atoms. The standard InChI is InChI=1S/C26H32N4O5/c1-26(2,3)34-25(32)28-16-22(17-28)33-23-13-19(11-12-27-23)30-20-9-10-21(30)15-29(14-20)35-24(31)18-7-5-4-6-8-18/h4-8,11-13,20-22H,9-10,14-17H2,1-3H3. The molecular weight excluding hydrogens is 448 g/mol. The lowest BCUT2D eigenvalue weighted by Crippen LogP contribution is -2.57. The fourth-order valence-corrected chi connectivity index (χ4v) is 4.89. The molecule has 0 saturated carbocycles. The van der Waals surface area contributed by atoms with Gasteiger partial charge in [0.2, 0.25) is 5.88 Å². The molecule has 3 aliphatic heterocycles. The third-order valence-corrected chi connectivity index (χ3v) is 6.47. The Balaban J connectivity index is 1.16. The first-order valence-corrected chi connectivity index (χ1v) is 12.2. The summed E-state index contributed by atoms with van der Waals surface area (Å²) in [5, 5.41) is 1.80. The summed E-state index contributed by atoms with van der Waals surface area (Å²) >= 11 is 0. The number of carbonyl (C=O) groups is 2. The summed E-state index contributed by atoms with van der Waals surface area (Å²) in [6.07, 6.45) is 3.42. The fraction of sp³-hybridized carbons (Fsp3) is 0.500. The Labute approximate surface area is 205 Å². The van der Waals surface area contributed by atoms with E-state index in [1.807, 2.05) is 51.1 Å². The van der Waals surface area contributed by atoms with Gasteiger partial charge in [0.25, 0.3) is 0 Å². The van der Waals surface area contributed by atoms with E-state index in [9.17, 15) is 9.59 Å². The quantitative estimate of drug-likeness (QED) is 0.643. The second kappa shape index (κ2) is 9.37. The molecule has 186 valence electrons. The molecule has 2 aromatic rings. The highest BCUT2D eigenvalue weighted by Gasteiger charge is 2.42. The number of hydroxylamine groups is 2. The lowest BCUT2D eigenvalue weighted by molar-refractivity contribution is -0.120. The molecule has 2 unspecified atom stereocenters. The van der Waals surface area contributed by atoms with Gasteiger partial charge in [-0.25, -0.2) is 14.6 Å².